The molecule has 20 heavy (non-hydrogen) atoms. The summed E-state index contributed by atoms with van der Waals surface area (Å²) in [7, 11) is 0. The topological polar surface area (TPSA) is 24.5 Å². The highest BCUT2D eigenvalue weighted by atomic mass is 16.5. The lowest BCUT2D eigenvalue weighted by atomic mass is 10.2. The van der Waals surface area contributed by atoms with Gasteiger partial charge >= 0.3 is 0 Å². The van der Waals surface area contributed by atoms with E-state index in [0.29, 0.717) is 6.04 Å². The molecule has 1 heterocycles. The Morgan fingerprint density at radius 3 is 2.85 bits per heavy atom. The maximum atomic E-state index is 5.77. The van der Waals surface area contributed by atoms with Crippen LogP contribution in [0.2, 0.25) is 0 Å². The maximum absolute atomic E-state index is 5.77. The molecule has 0 aromatic heterocycles. The summed E-state index contributed by atoms with van der Waals surface area (Å²) in [4.78, 5) is 2.60. The lowest BCUT2D eigenvalue weighted by Gasteiger charge is -2.26. The number of nitrogens with zero attached hydrogens (tertiary/aromatic N) is 1. The molecule has 2 rings (SSSR count). The van der Waals surface area contributed by atoms with Gasteiger partial charge in [0.15, 0.2) is 0 Å². The van der Waals surface area contributed by atoms with E-state index in [1.54, 1.807) is 0 Å². The summed E-state index contributed by atoms with van der Waals surface area (Å²) in [5.74, 6) is 0.989. The second kappa shape index (κ2) is 8.28. The first kappa shape index (κ1) is 15.3. The predicted molar refractivity (Wildman–Crippen MR) is 84.4 cm³/mol. The van der Waals surface area contributed by atoms with E-state index in [4.69, 9.17) is 4.74 Å². The van der Waals surface area contributed by atoms with Crippen LogP contribution in [0.25, 0.3) is 0 Å². The van der Waals surface area contributed by atoms with Crippen molar-refractivity contribution in [2.24, 2.45) is 0 Å². The van der Waals surface area contributed by atoms with Gasteiger partial charge in [-0.2, -0.15) is 0 Å². The Morgan fingerprint density at radius 1 is 1.25 bits per heavy atom. The monoisotopic (exact) mass is 276 g/mol. The van der Waals surface area contributed by atoms with E-state index in [1.165, 1.54) is 31.5 Å². The number of hydrogen-bond acceptors (Lipinski definition) is 3. The smallest absolute Gasteiger partial charge is 0.119 e. The highest BCUT2D eigenvalue weighted by Gasteiger charge is 2.15. The Bertz CT molecular complexity index is 377. The molecule has 0 saturated carbocycles. The van der Waals surface area contributed by atoms with Crippen LogP contribution in [-0.4, -0.2) is 43.7 Å². The van der Waals surface area contributed by atoms with Crippen LogP contribution in [0.4, 0.5) is 0 Å². The number of rotatable bonds is 6. The van der Waals surface area contributed by atoms with Crippen molar-refractivity contribution < 1.29 is 4.74 Å². The zero-order chi connectivity index (χ0) is 14.2. The van der Waals surface area contributed by atoms with Crippen molar-refractivity contribution in [3.05, 3.63) is 29.8 Å². The van der Waals surface area contributed by atoms with Gasteiger partial charge in [0.25, 0.3) is 0 Å². The average molecular weight is 276 g/mol. The summed E-state index contributed by atoms with van der Waals surface area (Å²) in [5.41, 5.74) is 1.28. The molecule has 0 radical (unpaired) electrons. The fourth-order valence-electron chi connectivity index (χ4n) is 2.64. The Morgan fingerprint density at radius 2 is 2.05 bits per heavy atom. The number of ether oxygens (including phenoxy) is 1. The number of unbranched alkanes of at least 4 members (excludes halogenated alkanes) is 1. The zero-order valence-corrected chi connectivity index (χ0v) is 12.9. The van der Waals surface area contributed by atoms with E-state index in [1.807, 2.05) is 0 Å². The molecule has 1 unspecified atom stereocenters. The highest BCUT2D eigenvalue weighted by Crippen LogP contribution is 2.12. The number of hydrogen-bond donors (Lipinski definition) is 1. The van der Waals surface area contributed by atoms with E-state index < -0.39 is 0 Å². The Labute approximate surface area is 123 Å². The van der Waals surface area contributed by atoms with Gasteiger partial charge in [-0.25, -0.2) is 0 Å². The maximum Gasteiger partial charge on any atom is 0.119 e. The van der Waals surface area contributed by atoms with Gasteiger partial charge in [-0.3, -0.25) is 4.90 Å². The van der Waals surface area contributed by atoms with Gasteiger partial charge in [0.2, 0.25) is 0 Å². The Kier molecular flexibility index (Phi) is 6.34. The van der Waals surface area contributed by atoms with Crippen molar-refractivity contribution in [3.63, 3.8) is 0 Å². The second-order valence-electron chi connectivity index (χ2n) is 5.81. The van der Waals surface area contributed by atoms with E-state index in [2.05, 4.69) is 48.3 Å². The van der Waals surface area contributed by atoms with Crippen LogP contribution >= 0.6 is 0 Å². The van der Waals surface area contributed by atoms with Crippen molar-refractivity contribution >= 4 is 0 Å². The van der Waals surface area contributed by atoms with Crippen LogP contribution < -0.4 is 10.1 Å². The van der Waals surface area contributed by atoms with Crippen molar-refractivity contribution in [3.8, 4) is 5.75 Å². The van der Waals surface area contributed by atoms with E-state index in [-0.39, 0.29) is 0 Å². The molecule has 1 aromatic carbocycles. The molecule has 1 atom stereocenters. The van der Waals surface area contributed by atoms with Crippen LogP contribution in [-0.2, 0) is 0 Å². The Hall–Kier alpha value is -1.06. The van der Waals surface area contributed by atoms with Gasteiger partial charge in [0, 0.05) is 12.6 Å². The molecule has 0 spiro atoms. The molecular weight excluding hydrogens is 248 g/mol. The van der Waals surface area contributed by atoms with Crippen molar-refractivity contribution in [2.75, 3.05) is 32.8 Å². The minimum absolute atomic E-state index is 0.663. The molecule has 0 bridgehead atoms. The fraction of sp³-hybridized carbons (Fsp3) is 0.647. The average Bonchev–Trinajstić information content (AvgIpc) is 2.66. The summed E-state index contributed by atoms with van der Waals surface area (Å²) in [6.07, 6.45) is 3.62. The van der Waals surface area contributed by atoms with Crippen molar-refractivity contribution in [1.29, 1.82) is 0 Å². The summed E-state index contributed by atoms with van der Waals surface area (Å²) >= 11 is 0. The number of benzene rings is 1. The molecule has 3 heteroatoms. The summed E-state index contributed by atoms with van der Waals surface area (Å²) in [6.45, 7) is 9.95. The summed E-state index contributed by atoms with van der Waals surface area (Å²) in [5, 5.41) is 3.49. The molecule has 112 valence electrons. The highest BCUT2D eigenvalue weighted by molar-refractivity contribution is 5.26. The molecule has 1 N–H and O–H groups in total. The fourth-order valence-corrected chi connectivity index (χ4v) is 2.64. The lowest BCUT2D eigenvalue weighted by molar-refractivity contribution is 0.209. The largest absolute Gasteiger partial charge is 0.494 e. The van der Waals surface area contributed by atoms with Gasteiger partial charge in [-0.1, -0.05) is 17.7 Å². The third-order valence-electron chi connectivity index (χ3n) is 3.99. The summed E-state index contributed by atoms with van der Waals surface area (Å²) < 4.78 is 5.77. The molecule has 1 aromatic rings. The quantitative estimate of drug-likeness (QED) is 0.809. The van der Waals surface area contributed by atoms with Crippen LogP contribution in [0.15, 0.2) is 24.3 Å². The van der Waals surface area contributed by atoms with Crippen LogP contribution in [0.1, 0.15) is 31.7 Å². The number of aryl methyl sites for hydroxylation is 1. The van der Waals surface area contributed by atoms with Gasteiger partial charge < -0.3 is 10.1 Å². The Balaban J connectivity index is 1.60. The second-order valence-corrected chi connectivity index (χ2v) is 5.81. The molecule has 1 fully saturated rings. The van der Waals surface area contributed by atoms with Crippen molar-refractivity contribution in [2.45, 2.75) is 39.2 Å². The predicted octanol–water partition coefficient (Wildman–Crippen LogP) is 2.84. The van der Waals surface area contributed by atoms with Gasteiger partial charge in [0.05, 0.1) is 6.61 Å². The molecule has 1 aliphatic heterocycles. The molecule has 1 aliphatic rings. The molecule has 0 aliphatic carbocycles. The SMILES string of the molecule is Cc1ccc(OCCCCN2CCCNCC2C)cc1. The standard InChI is InChI=1S/C17H28N2O/c1-15-6-8-17(9-7-15)20-13-4-3-11-19-12-5-10-18-14-16(19)2/h6-9,16,18H,3-5,10-14H2,1-2H3. The molecule has 1 saturated heterocycles. The molecule has 3 nitrogen and oxygen atoms in total. The van der Waals surface area contributed by atoms with Crippen LogP contribution in [0, 0.1) is 6.92 Å². The van der Waals surface area contributed by atoms with Gasteiger partial charge in [-0.05, 0) is 64.9 Å². The van der Waals surface area contributed by atoms with Crippen LogP contribution in [0.3, 0.4) is 0 Å². The minimum atomic E-state index is 0.663. The molecular formula is C17H28N2O. The van der Waals surface area contributed by atoms with E-state index in [0.717, 1.165) is 31.9 Å². The summed E-state index contributed by atoms with van der Waals surface area (Å²) in [6, 6.07) is 8.97. The zero-order valence-electron chi connectivity index (χ0n) is 12.9. The lowest BCUT2D eigenvalue weighted by Crippen LogP contribution is -2.38. The first-order valence-corrected chi connectivity index (χ1v) is 7.90. The molecule has 0 amide bonds. The normalized spacial score (nSPS) is 20.6. The number of nitrogens with one attached hydrogen (secondary N) is 1. The van der Waals surface area contributed by atoms with Crippen LogP contribution in [0.5, 0.6) is 5.75 Å². The first-order valence-electron chi connectivity index (χ1n) is 7.90. The third-order valence-corrected chi connectivity index (χ3v) is 3.99. The first-order chi connectivity index (χ1) is 9.75. The van der Waals surface area contributed by atoms with Crippen molar-refractivity contribution in [1.82, 2.24) is 10.2 Å². The third kappa shape index (κ3) is 5.14. The minimum Gasteiger partial charge on any atom is -0.494 e. The van der Waals surface area contributed by atoms with E-state index >= 15 is 0 Å². The van der Waals surface area contributed by atoms with Gasteiger partial charge in [-0.15, -0.1) is 0 Å². The van der Waals surface area contributed by atoms with E-state index in [9.17, 15) is 0 Å². The van der Waals surface area contributed by atoms with Gasteiger partial charge in [0.1, 0.15) is 5.75 Å².